The third-order valence-corrected chi connectivity index (χ3v) is 9.22. The average Bonchev–Trinajstić information content (AvgIpc) is 3.11. The Morgan fingerprint density at radius 3 is 1.07 bits per heavy atom. The van der Waals surface area contributed by atoms with E-state index in [9.17, 15) is 0 Å². The number of hydrogen-bond donors (Lipinski definition) is 0. The third-order valence-electron chi connectivity index (χ3n) is 9.22. The van der Waals surface area contributed by atoms with Crippen LogP contribution in [-0.4, -0.2) is 0 Å². The van der Waals surface area contributed by atoms with Crippen molar-refractivity contribution in [2.75, 3.05) is 0 Å². The summed E-state index contributed by atoms with van der Waals surface area (Å²) in [6, 6.07) is 62.2. The third kappa shape index (κ3) is 3.78. The largest absolute Gasteiger partial charge is 0.0622 e. The molecule has 9 rings (SSSR count). The molecule has 0 saturated heterocycles. The SMILES string of the molecule is c1ccc(-c2cccc(-c3c4ccccc4c(-c4ccc5c6ccccc6c6ccccc6c5c4)c4ccccc34)c2)cc1. The maximum atomic E-state index is 2.42. The number of rotatable bonds is 3. The first-order chi connectivity index (χ1) is 21.8. The minimum Gasteiger partial charge on any atom is -0.0622 e. The van der Waals surface area contributed by atoms with Gasteiger partial charge in [-0.15, -0.1) is 0 Å². The molecule has 204 valence electrons. The van der Waals surface area contributed by atoms with Gasteiger partial charge in [-0.05, 0) is 99.4 Å². The predicted octanol–water partition coefficient (Wildman–Crippen LogP) is 12.5. The standard InChI is InChI=1S/C44H28/c1-2-13-29(14-3-1)30-15-12-16-31(27-30)43-38-21-8-10-23-40(38)44(41-24-11-9-22-39(41)43)32-25-26-37-35-19-5-4-17-33(35)34-18-6-7-20-36(34)42(37)28-32/h1-28H. The molecule has 0 spiro atoms. The van der Waals surface area contributed by atoms with Gasteiger partial charge < -0.3 is 0 Å². The quantitative estimate of drug-likeness (QED) is 0.150. The minimum atomic E-state index is 1.23. The lowest BCUT2D eigenvalue weighted by molar-refractivity contribution is 1.61. The van der Waals surface area contributed by atoms with Crippen LogP contribution in [0.5, 0.6) is 0 Å². The Morgan fingerprint density at radius 2 is 0.545 bits per heavy atom. The van der Waals surface area contributed by atoms with Crippen LogP contribution in [0.15, 0.2) is 170 Å². The molecule has 0 N–H and O–H groups in total. The summed E-state index contributed by atoms with van der Waals surface area (Å²) in [6.45, 7) is 0. The molecule has 0 heteroatoms. The molecule has 0 atom stereocenters. The fourth-order valence-electron chi connectivity index (χ4n) is 7.30. The normalized spacial score (nSPS) is 11.6. The van der Waals surface area contributed by atoms with E-state index in [2.05, 4.69) is 170 Å². The Bertz CT molecular complexity index is 2440. The van der Waals surface area contributed by atoms with Gasteiger partial charge in [-0.25, -0.2) is 0 Å². The monoisotopic (exact) mass is 556 g/mol. The highest BCUT2D eigenvalue weighted by molar-refractivity contribution is 6.27. The Kier molecular flexibility index (Phi) is 5.61. The fraction of sp³-hybridized carbons (Fsp3) is 0. The lowest BCUT2D eigenvalue weighted by atomic mass is 9.84. The maximum absolute atomic E-state index is 2.42. The second kappa shape index (κ2) is 9.93. The van der Waals surface area contributed by atoms with Crippen molar-refractivity contribution < 1.29 is 0 Å². The van der Waals surface area contributed by atoms with Crippen molar-refractivity contribution in [3.05, 3.63) is 170 Å². The summed E-state index contributed by atoms with van der Waals surface area (Å²) in [4.78, 5) is 0. The second-order valence-corrected chi connectivity index (χ2v) is 11.6. The molecule has 0 saturated carbocycles. The molecule has 0 unspecified atom stereocenters. The summed E-state index contributed by atoms with van der Waals surface area (Å²) in [5.74, 6) is 0. The Balaban J connectivity index is 1.36. The average molecular weight is 557 g/mol. The van der Waals surface area contributed by atoms with E-state index in [-0.39, 0.29) is 0 Å². The van der Waals surface area contributed by atoms with Crippen molar-refractivity contribution in [1.29, 1.82) is 0 Å². The smallest absolute Gasteiger partial charge is 0.00261 e. The Hall–Kier alpha value is -5.72. The van der Waals surface area contributed by atoms with E-state index in [1.807, 2.05) is 0 Å². The molecular weight excluding hydrogens is 528 g/mol. The molecule has 0 bridgehead atoms. The highest BCUT2D eigenvalue weighted by Gasteiger charge is 2.18. The number of fused-ring (bicyclic) bond motifs is 8. The summed E-state index contributed by atoms with van der Waals surface area (Å²) in [5, 5.41) is 12.9. The zero-order valence-corrected chi connectivity index (χ0v) is 24.2. The van der Waals surface area contributed by atoms with E-state index in [4.69, 9.17) is 0 Å². The highest BCUT2D eigenvalue weighted by Crippen LogP contribution is 2.45. The van der Waals surface area contributed by atoms with Crippen LogP contribution in [0, 0.1) is 0 Å². The van der Waals surface area contributed by atoms with Gasteiger partial charge in [-0.1, -0.05) is 158 Å². The molecule has 0 aromatic heterocycles. The van der Waals surface area contributed by atoms with E-state index >= 15 is 0 Å². The van der Waals surface area contributed by atoms with Gasteiger partial charge in [0.2, 0.25) is 0 Å². The van der Waals surface area contributed by atoms with Crippen LogP contribution < -0.4 is 0 Å². The molecule has 0 nitrogen and oxygen atoms in total. The van der Waals surface area contributed by atoms with Crippen LogP contribution in [0.2, 0.25) is 0 Å². The van der Waals surface area contributed by atoms with Crippen molar-refractivity contribution in [2.24, 2.45) is 0 Å². The first-order valence-electron chi connectivity index (χ1n) is 15.3. The molecule has 0 amide bonds. The molecule has 9 aromatic carbocycles. The van der Waals surface area contributed by atoms with Crippen LogP contribution in [0.3, 0.4) is 0 Å². The molecule has 0 heterocycles. The number of benzene rings is 9. The van der Waals surface area contributed by atoms with Gasteiger partial charge in [-0.3, -0.25) is 0 Å². The van der Waals surface area contributed by atoms with Gasteiger partial charge in [0.15, 0.2) is 0 Å². The Morgan fingerprint density at radius 1 is 0.182 bits per heavy atom. The summed E-state index contributed by atoms with van der Waals surface area (Å²) < 4.78 is 0. The maximum Gasteiger partial charge on any atom is -0.00261 e. The Labute approximate surface area is 256 Å². The molecule has 0 radical (unpaired) electrons. The first kappa shape index (κ1) is 24.8. The van der Waals surface area contributed by atoms with Crippen molar-refractivity contribution in [1.82, 2.24) is 0 Å². The van der Waals surface area contributed by atoms with E-state index < -0.39 is 0 Å². The first-order valence-corrected chi connectivity index (χ1v) is 15.3. The van der Waals surface area contributed by atoms with Gasteiger partial charge in [0.25, 0.3) is 0 Å². The number of hydrogen-bond acceptors (Lipinski definition) is 0. The molecule has 0 aliphatic rings. The lowest BCUT2D eigenvalue weighted by Crippen LogP contribution is -1.91. The van der Waals surface area contributed by atoms with Gasteiger partial charge in [-0.2, -0.15) is 0 Å². The summed E-state index contributed by atoms with van der Waals surface area (Å²) >= 11 is 0. The van der Waals surface area contributed by atoms with Crippen LogP contribution >= 0.6 is 0 Å². The van der Waals surface area contributed by atoms with Crippen LogP contribution in [0.1, 0.15) is 0 Å². The van der Waals surface area contributed by atoms with Crippen LogP contribution in [0.25, 0.3) is 87.2 Å². The van der Waals surface area contributed by atoms with Gasteiger partial charge in [0, 0.05) is 0 Å². The zero-order chi connectivity index (χ0) is 29.0. The summed E-state index contributed by atoms with van der Waals surface area (Å²) in [7, 11) is 0. The zero-order valence-electron chi connectivity index (χ0n) is 24.2. The van der Waals surface area contributed by atoms with E-state index in [1.54, 1.807) is 0 Å². The molecule has 0 aliphatic heterocycles. The van der Waals surface area contributed by atoms with Gasteiger partial charge in [0.1, 0.15) is 0 Å². The lowest BCUT2D eigenvalue weighted by Gasteiger charge is -2.19. The van der Waals surface area contributed by atoms with E-state index in [0.29, 0.717) is 0 Å². The minimum absolute atomic E-state index is 1.23. The molecule has 0 fully saturated rings. The van der Waals surface area contributed by atoms with E-state index in [0.717, 1.165) is 0 Å². The summed E-state index contributed by atoms with van der Waals surface area (Å²) in [6.07, 6.45) is 0. The van der Waals surface area contributed by atoms with Gasteiger partial charge in [0.05, 0.1) is 0 Å². The van der Waals surface area contributed by atoms with Crippen molar-refractivity contribution in [2.45, 2.75) is 0 Å². The van der Waals surface area contributed by atoms with Crippen LogP contribution in [0.4, 0.5) is 0 Å². The predicted molar refractivity (Wildman–Crippen MR) is 190 cm³/mol. The molecule has 44 heavy (non-hydrogen) atoms. The van der Waals surface area contributed by atoms with Gasteiger partial charge >= 0.3 is 0 Å². The molecular formula is C44H28. The molecule has 9 aromatic rings. The van der Waals surface area contributed by atoms with Crippen molar-refractivity contribution >= 4 is 53.9 Å². The van der Waals surface area contributed by atoms with Crippen molar-refractivity contribution in [3.63, 3.8) is 0 Å². The van der Waals surface area contributed by atoms with E-state index in [1.165, 1.54) is 87.2 Å². The topological polar surface area (TPSA) is 0 Å². The second-order valence-electron chi connectivity index (χ2n) is 11.6. The highest BCUT2D eigenvalue weighted by atomic mass is 14.2. The summed E-state index contributed by atoms with van der Waals surface area (Å²) in [5.41, 5.74) is 7.52. The van der Waals surface area contributed by atoms with Crippen molar-refractivity contribution in [3.8, 4) is 33.4 Å². The van der Waals surface area contributed by atoms with Crippen LogP contribution in [-0.2, 0) is 0 Å². The fourth-order valence-corrected chi connectivity index (χ4v) is 7.30. The molecule has 0 aliphatic carbocycles.